The van der Waals surface area contributed by atoms with Crippen LogP contribution in [0.25, 0.3) is 90.3 Å². The van der Waals surface area contributed by atoms with E-state index in [4.69, 9.17) is 24.9 Å². The van der Waals surface area contributed by atoms with Crippen molar-refractivity contribution >= 4 is 0 Å². The number of fused-ring (bicyclic) bond motifs is 3. The van der Waals surface area contributed by atoms with Crippen molar-refractivity contribution in [1.82, 2.24) is 24.9 Å². The van der Waals surface area contributed by atoms with Gasteiger partial charge in [0.2, 0.25) is 0 Å². The SMILES string of the molecule is c1ccc(-c2cc(-c3ccccc3)nc(-c3cccc(-c4cc5c(cc4-c4nc(-c6ccccc6)nc(-c6ccccc6)n4)C(c4ccccc4)(c4ccccc4)c4ccccc4-5)c3)n2)cc1. The first-order valence-electron chi connectivity index (χ1n) is 22.6. The van der Waals surface area contributed by atoms with Crippen LogP contribution in [0.3, 0.4) is 0 Å². The zero-order chi connectivity index (χ0) is 44.6. The summed E-state index contributed by atoms with van der Waals surface area (Å²) in [6.07, 6.45) is 0. The molecule has 314 valence electrons. The summed E-state index contributed by atoms with van der Waals surface area (Å²) in [6, 6.07) is 87.0. The average molecular weight is 856 g/mol. The summed E-state index contributed by atoms with van der Waals surface area (Å²) in [5.41, 5.74) is 15.8. The monoisotopic (exact) mass is 855 g/mol. The van der Waals surface area contributed by atoms with Gasteiger partial charge in [0.1, 0.15) is 0 Å². The maximum absolute atomic E-state index is 5.38. The lowest BCUT2D eigenvalue weighted by atomic mass is 9.67. The van der Waals surface area contributed by atoms with Crippen LogP contribution in [0.2, 0.25) is 0 Å². The van der Waals surface area contributed by atoms with Crippen molar-refractivity contribution in [2.24, 2.45) is 0 Å². The first-order valence-corrected chi connectivity index (χ1v) is 22.6. The molecule has 0 bridgehead atoms. The molecule has 1 aliphatic rings. The predicted molar refractivity (Wildman–Crippen MR) is 271 cm³/mol. The van der Waals surface area contributed by atoms with Crippen molar-refractivity contribution in [3.05, 3.63) is 271 Å². The molecule has 0 spiro atoms. The van der Waals surface area contributed by atoms with Gasteiger partial charge in [-0.3, -0.25) is 0 Å². The fourth-order valence-electron chi connectivity index (χ4n) is 9.76. The topological polar surface area (TPSA) is 64.5 Å². The first-order chi connectivity index (χ1) is 33.2. The molecule has 11 aromatic rings. The van der Waals surface area contributed by atoms with E-state index in [9.17, 15) is 0 Å². The van der Waals surface area contributed by atoms with Gasteiger partial charge in [0, 0.05) is 33.4 Å². The highest BCUT2D eigenvalue weighted by molar-refractivity contribution is 5.95. The Kier molecular flexibility index (Phi) is 9.99. The van der Waals surface area contributed by atoms with Crippen molar-refractivity contribution in [2.45, 2.75) is 5.41 Å². The molecule has 2 aromatic heterocycles. The van der Waals surface area contributed by atoms with E-state index in [2.05, 4.69) is 176 Å². The molecule has 0 radical (unpaired) electrons. The van der Waals surface area contributed by atoms with Gasteiger partial charge in [-0.25, -0.2) is 24.9 Å². The molecule has 0 N–H and O–H groups in total. The maximum atomic E-state index is 5.38. The molecule has 5 heteroatoms. The lowest BCUT2D eigenvalue weighted by molar-refractivity contribution is 0.768. The summed E-state index contributed by atoms with van der Waals surface area (Å²) in [4.78, 5) is 26.3. The molecule has 0 saturated carbocycles. The number of hydrogen-bond acceptors (Lipinski definition) is 5. The van der Waals surface area contributed by atoms with E-state index in [-0.39, 0.29) is 0 Å². The number of nitrogens with zero attached hydrogens (tertiary/aromatic N) is 5. The van der Waals surface area contributed by atoms with Crippen LogP contribution in [-0.2, 0) is 5.41 Å². The van der Waals surface area contributed by atoms with Gasteiger partial charge < -0.3 is 0 Å². The Bertz CT molecular complexity index is 3390. The van der Waals surface area contributed by atoms with Gasteiger partial charge in [0.15, 0.2) is 23.3 Å². The summed E-state index contributed by atoms with van der Waals surface area (Å²) in [7, 11) is 0. The Morgan fingerprint density at radius 3 is 1.18 bits per heavy atom. The Morgan fingerprint density at radius 1 is 0.224 bits per heavy atom. The van der Waals surface area contributed by atoms with Gasteiger partial charge in [-0.1, -0.05) is 224 Å². The average Bonchev–Trinajstić information content (AvgIpc) is 3.72. The van der Waals surface area contributed by atoms with Crippen molar-refractivity contribution in [2.75, 3.05) is 0 Å². The normalized spacial score (nSPS) is 12.3. The number of aromatic nitrogens is 5. The fourth-order valence-corrected chi connectivity index (χ4v) is 9.76. The number of rotatable bonds is 9. The Labute approximate surface area is 389 Å². The van der Waals surface area contributed by atoms with Gasteiger partial charge in [-0.2, -0.15) is 0 Å². The van der Waals surface area contributed by atoms with E-state index in [1.807, 2.05) is 72.8 Å². The van der Waals surface area contributed by atoms with Crippen molar-refractivity contribution in [3.8, 4) is 90.3 Å². The molecular weight excluding hydrogens is 815 g/mol. The maximum Gasteiger partial charge on any atom is 0.164 e. The second-order valence-corrected chi connectivity index (χ2v) is 16.8. The van der Waals surface area contributed by atoms with Gasteiger partial charge in [0.25, 0.3) is 0 Å². The Hall–Kier alpha value is -8.93. The van der Waals surface area contributed by atoms with Crippen LogP contribution in [0.4, 0.5) is 0 Å². The molecule has 0 atom stereocenters. The summed E-state index contributed by atoms with van der Waals surface area (Å²) in [6.45, 7) is 0. The van der Waals surface area contributed by atoms with E-state index in [0.29, 0.717) is 23.3 Å². The van der Waals surface area contributed by atoms with E-state index < -0.39 is 5.41 Å². The minimum atomic E-state index is -0.638. The molecule has 12 rings (SSSR count). The number of hydrogen-bond donors (Lipinski definition) is 0. The van der Waals surface area contributed by atoms with E-state index >= 15 is 0 Å². The Morgan fingerprint density at radius 2 is 0.642 bits per heavy atom. The highest BCUT2D eigenvalue weighted by Gasteiger charge is 2.46. The number of benzene rings is 9. The van der Waals surface area contributed by atoms with Crippen molar-refractivity contribution < 1.29 is 0 Å². The largest absolute Gasteiger partial charge is 0.228 e. The van der Waals surface area contributed by atoms with E-state index in [1.165, 1.54) is 22.3 Å². The summed E-state index contributed by atoms with van der Waals surface area (Å²) >= 11 is 0. The lowest BCUT2D eigenvalue weighted by Crippen LogP contribution is -2.28. The Balaban J connectivity index is 1.15. The van der Waals surface area contributed by atoms with Gasteiger partial charge in [-0.15, -0.1) is 0 Å². The van der Waals surface area contributed by atoms with Crippen LogP contribution in [0, 0.1) is 0 Å². The molecule has 2 heterocycles. The minimum Gasteiger partial charge on any atom is -0.228 e. The third-order valence-electron chi connectivity index (χ3n) is 12.8. The third kappa shape index (κ3) is 7.11. The van der Waals surface area contributed by atoms with Gasteiger partial charge >= 0.3 is 0 Å². The molecule has 67 heavy (non-hydrogen) atoms. The minimum absolute atomic E-state index is 0.579. The lowest BCUT2D eigenvalue weighted by Gasteiger charge is -2.34. The summed E-state index contributed by atoms with van der Waals surface area (Å²) in [5.74, 6) is 2.42. The van der Waals surface area contributed by atoms with Crippen LogP contribution in [-0.4, -0.2) is 24.9 Å². The molecule has 0 unspecified atom stereocenters. The summed E-state index contributed by atoms with van der Waals surface area (Å²) < 4.78 is 0. The first kappa shape index (κ1) is 39.6. The zero-order valence-corrected chi connectivity index (χ0v) is 36.4. The molecule has 0 saturated heterocycles. The fraction of sp³-hybridized carbons (Fsp3) is 0.0161. The second kappa shape index (κ2) is 16.9. The molecular formula is C62H41N5. The molecule has 1 aliphatic carbocycles. The smallest absolute Gasteiger partial charge is 0.164 e. The summed E-state index contributed by atoms with van der Waals surface area (Å²) in [5, 5.41) is 0. The van der Waals surface area contributed by atoms with Crippen molar-refractivity contribution in [3.63, 3.8) is 0 Å². The van der Waals surface area contributed by atoms with E-state index in [0.717, 1.165) is 67.0 Å². The highest BCUT2D eigenvalue weighted by Crippen LogP contribution is 2.58. The van der Waals surface area contributed by atoms with Gasteiger partial charge in [-0.05, 0) is 68.8 Å². The second-order valence-electron chi connectivity index (χ2n) is 16.8. The van der Waals surface area contributed by atoms with Crippen LogP contribution in [0.1, 0.15) is 22.3 Å². The quantitative estimate of drug-likeness (QED) is 0.145. The molecule has 0 aliphatic heterocycles. The standard InChI is InChI=1S/C62H41N5/c1-7-22-42(23-8-1)56-41-57(43-24-9-2-10-25-43)64-60(63-56)47-31-21-30-46(38-47)51-39-52-50-36-19-20-37-54(50)62(48-32-15-5-16-33-48,49-34-17-6-18-35-49)55(52)40-53(51)61-66-58(44-26-11-3-12-27-44)65-59(67-61)45-28-13-4-14-29-45/h1-41H. The molecule has 0 fully saturated rings. The van der Waals surface area contributed by atoms with Crippen LogP contribution in [0.15, 0.2) is 249 Å². The van der Waals surface area contributed by atoms with Gasteiger partial charge in [0.05, 0.1) is 16.8 Å². The molecule has 9 aromatic carbocycles. The van der Waals surface area contributed by atoms with Crippen LogP contribution >= 0.6 is 0 Å². The van der Waals surface area contributed by atoms with Crippen molar-refractivity contribution in [1.29, 1.82) is 0 Å². The van der Waals surface area contributed by atoms with Crippen LogP contribution in [0.5, 0.6) is 0 Å². The van der Waals surface area contributed by atoms with Crippen LogP contribution < -0.4 is 0 Å². The highest BCUT2D eigenvalue weighted by atomic mass is 15.0. The third-order valence-corrected chi connectivity index (χ3v) is 12.8. The van der Waals surface area contributed by atoms with E-state index in [1.54, 1.807) is 0 Å². The zero-order valence-electron chi connectivity index (χ0n) is 36.4. The molecule has 0 amide bonds. The predicted octanol–water partition coefficient (Wildman–Crippen LogP) is 14.7. The molecule has 5 nitrogen and oxygen atoms in total.